The Labute approximate surface area is 167 Å². The molecule has 0 spiro atoms. The second kappa shape index (κ2) is 7.69. The molecule has 0 radical (unpaired) electrons. The molecule has 28 heavy (non-hydrogen) atoms. The minimum Gasteiger partial charge on any atom is -0.328 e. The van der Waals surface area contributed by atoms with E-state index in [0.29, 0.717) is 6.04 Å². The maximum Gasteiger partial charge on any atom is 0.180 e. The third-order valence-electron chi connectivity index (χ3n) is 4.71. The highest BCUT2D eigenvalue weighted by molar-refractivity contribution is 7.10. The lowest BCUT2D eigenvalue weighted by Crippen LogP contribution is -2.29. The molecule has 4 heterocycles. The Hall–Kier alpha value is -2.78. The summed E-state index contributed by atoms with van der Waals surface area (Å²) in [5.41, 5.74) is 4.69. The van der Waals surface area contributed by atoms with Crippen molar-refractivity contribution in [3.05, 3.63) is 42.2 Å². The smallest absolute Gasteiger partial charge is 0.180 e. The van der Waals surface area contributed by atoms with Crippen LogP contribution in [0.3, 0.4) is 0 Å². The van der Waals surface area contributed by atoms with Crippen LogP contribution in [0.5, 0.6) is 0 Å². The van der Waals surface area contributed by atoms with E-state index >= 15 is 0 Å². The van der Waals surface area contributed by atoms with Gasteiger partial charge in [0, 0.05) is 30.5 Å². The van der Waals surface area contributed by atoms with Crippen LogP contribution in [-0.4, -0.2) is 46.4 Å². The lowest BCUT2D eigenvalue weighted by atomic mass is 10.3. The number of rotatable bonds is 7. The van der Waals surface area contributed by atoms with Crippen molar-refractivity contribution in [3.63, 3.8) is 0 Å². The molecular weight excluding hydrogens is 372 g/mol. The van der Waals surface area contributed by atoms with Crippen LogP contribution in [0.15, 0.2) is 30.9 Å². The molecule has 8 nitrogen and oxygen atoms in total. The van der Waals surface area contributed by atoms with Gasteiger partial charge in [-0.25, -0.2) is 9.97 Å². The monoisotopic (exact) mass is 396 g/mol. The van der Waals surface area contributed by atoms with Gasteiger partial charge in [0.2, 0.25) is 0 Å². The van der Waals surface area contributed by atoms with Crippen LogP contribution in [0.25, 0.3) is 16.9 Å². The van der Waals surface area contributed by atoms with Crippen LogP contribution in [0.1, 0.15) is 32.2 Å². The number of fused-ring (bicyclic) bond motifs is 1. The summed E-state index contributed by atoms with van der Waals surface area (Å²) in [6, 6.07) is 2.59. The van der Waals surface area contributed by atoms with E-state index in [9.17, 15) is 0 Å². The molecule has 4 rings (SSSR count). The molecule has 0 aromatic carbocycles. The summed E-state index contributed by atoms with van der Waals surface area (Å²) in [6.07, 6.45) is 7.47. The first-order chi connectivity index (χ1) is 13.5. The van der Waals surface area contributed by atoms with Gasteiger partial charge in [0.15, 0.2) is 11.5 Å². The fraction of sp³-hybridized carbons (Fsp3) is 0.368. The highest BCUT2D eigenvalue weighted by atomic mass is 32.1. The molecule has 9 heteroatoms. The summed E-state index contributed by atoms with van der Waals surface area (Å²) in [5, 5.41) is 11.3. The van der Waals surface area contributed by atoms with Crippen LogP contribution in [0, 0.1) is 6.92 Å². The minimum atomic E-state index is 0.493. The maximum atomic E-state index is 4.66. The topological polar surface area (TPSA) is 87.0 Å². The van der Waals surface area contributed by atoms with Crippen LogP contribution < -0.4 is 5.32 Å². The third-order valence-corrected chi connectivity index (χ3v) is 5.45. The van der Waals surface area contributed by atoms with Crippen molar-refractivity contribution >= 4 is 28.0 Å². The van der Waals surface area contributed by atoms with E-state index < -0.39 is 0 Å². The molecule has 4 aromatic rings. The second-order valence-corrected chi connectivity index (χ2v) is 7.82. The highest BCUT2D eigenvalue weighted by Crippen LogP contribution is 2.27. The number of imidazole rings is 1. The van der Waals surface area contributed by atoms with E-state index in [1.165, 1.54) is 11.5 Å². The number of aromatic amines is 1. The van der Waals surface area contributed by atoms with Gasteiger partial charge in [-0.1, -0.05) is 6.92 Å². The molecular formula is C19H24N8S. The van der Waals surface area contributed by atoms with Crippen molar-refractivity contribution in [1.29, 1.82) is 0 Å². The Balaban J connectivity index is 1.62. The van der Waals surface area contributed by atoms with E-state index in [2.05, 4.69) is 61.6 Å². The summed E-state index contributed by atoms with van der Waals surface area (Å²) in [5.74, 6) is 0.723. The van der Waals surface area contributed by atoms with Crippen molar-refractivity contribution in [3.8, 4) is 11.3 Å². The molecule has 0 atom stereocenters. The highest BCUT2D eigenvalue weighted by Gasteiger charge is 2.15. The maximum absolute atomic E-state index is 4.66. The zero-order valence-electron chi connectivity index (χ0n) is 16.5. The molecule has 0 bridgehead atoms. The first-order valence-corrected chi connectivity index (χ1v) is 10.1. The molecule has 0 fully saturated rings. The van der Waals surface area contributed by atoms with Crippen molar-refractivity contribution < 1.29 is 0 Å². The molecule has 0 saturated heterocycles. The number of aromatic nitrogens is 6. The largest absolute Gasteiger partial charge is 0.328 e. The number of nitrogens with zero attached hydrogens (tertiary/aromatic N) is 6. The lowest BCUT2D eigenvalue weighted by Gasteiger charge is -2.23. The molecule has 4 aromatic heterocycles. The zero-order valence-corrected chi connectivity index (χ0v) is 17.3. The Kier molecular flexibility index (Phi) is 5.10. The number of nitrogens with one attached hydrogen (secondary N) is 2. The van der Waals surface area contributed by atoms with Gasteiger partial charge in [0.05, 0.1) is 29.5 Å². The Bertz CT molecular complexity index is 1060. The van der Waals surface area contributed by atoms with Crippen molar-refractivity contribution in [2.75, 3.05) is 11.9 Å². The summed E-state index contributed by atoms with van der Waals surface area (Å²) >= 11 is 1.45. The molecule has 0 amide bonds. The van der Waals surface area contributed by atoms with E-state index in [0.717, 1.165) is 52.2 Å². The molecule has 0 saturated carbocycles. The summed E-state index contributed by atoms with van der Waals surface area (Å²) in [6.45, 7) is 10.4. The van der Waals surface area contributed by atoms with Crippen molar-refractivity contribution in [2.45, 2.75) is 40.3 Å². The minimum absolute atomic E-state index is 0.493. The zero-order chi connectivity index (χ0) is 19.7. The number of H-pyrrole nitrogens is 1. The number of anilines is 2. The predicted octanol–water partition coefficient (Wildman–Crippen LogP) is 3.86. The van der Waals surface area contributed by atoms with Crippen LogP contribution in [0.4, 0.5) is 10.8 Å². The molecule has 0 aliphatic heterocycles. The third kappa shape index (κ3) is 3.63. The summed E-state index contributed by atoms with van der Waals surface area (Å²) in [4.78, 5) is 11.6. The number of hydrogen-bond acceptors (Lipinski definition) is 7. The second-order valence-electron chi connectivity index (χ2n) is 7.02. The summed E-state index contributed by atoms with van der Waals surface area (Å²) in [7, 11) is 0. The fourth-order valence-corrected chi connectivity index (χ4v) is 3.88. The van der Waals surface area contributed by atoms with E-state index in [1.807, 2.05) is 29.9 Å². The summed E-state index contributed by atoms with van der Waals surface area (Å²) < 4.78 is 6.64. The SMILES string of the molecule is CCN(Cc1cc(Nc2nc(C)cn3c(-c4cn[nH]c4)cnc23)sn1)C(C)C. The van der Waals surface area contributed by atoms with Gasteiger partial charge in [-0.05, 0) is 44.9 Å². The molecule has 2 N–H and O–H groups in total. The molecule has 0 aliphatic rings. The average Bonchev–Trinajstić information content (AvgIpc) is 3.39. The first-order valence-electron chi connectivity index (χ1n) is 9.35. The van der Waals surface area contributed by atoms with E-state index in [1.54, 1.807) is 6.20 Å². The van der Waals surface area contributed by atoms with E-state index in [-0.39, 0.29) is 0 Å². The van der Waals surface area contributed by atoms with E-state index in [4.69, 9.17) is 0 Å². The van der Waals surface area contributed by atoms with Crippen molar-refractivity contribution in [1.82, 2.24) is 33.8 Å². The number of aryl methyl sites for hydroxylation is 1. The van der Waals surface area contributed by atoms with Gasteiger partial charge in [-0.15, -0.1) is 0 Å². The van der Waals surface area contributed by atoms with Gasteiger partial charge in [-0.2, -0.15) is 9.47 Å². The standard InChI is InChI=1S/C19H24N8S/c1-5-26(12(2)3)11-15-6-17(28-25-15)24-18-19-20-9-16(14-7-21-22-8-14)27(19)10-13(4)23-18/h6-10,12H,5,11H2,1-4H3,(H,21,22)(H,23,24). The van der Waals surface area contributed by atoms with Gasteiger partial charge in [0.25, 0.3) is 0 Å². The Morgan fingerprint density at radius 3 is 2.89 bits per heavy atom. The van der Waals surface area contributed by atoms with Crippen LogP contribution in [-0.2, 0) is 6.54 Å². The molecule has 146 valence electrons. The normalized spacial score (nSPS) is 11.8. The fourth-order valence-electron chi connectivity index (χ4n) is 3.23. The quantitative estimate of drug-likeness (QED) is 0.493. The predicted molar refractivity (Wildman–Crippen MR) is 112 cm³/mol. The van der Waals surface area contributed by atoms with Gasteiger partial charge >= 0.3 is 0 Å². The van der Waals surface area contributed by atoms with Crippen LogP contribution >= 0.6 is 11.5 Å². The molecule has 0 aliphatic carbocycles. The first kappa shape index (κ1) is 18.6. The van der Waals surface area contributed by atoms with Crippen LogP contribution in [0.2, 0.25) is 0 Å². The Morgan fingerprint density at radius 2 is 2.18 bits per heavy atom. The van der Waals surface area contributed by atoms with Gasteiger partial charge in [-0.3, -0.25) is 14.4 Å². The van der Waals surface area contributed by atoms with Gasteiger partial charge in [0.1, 0.15) is 5.00 Å². The van der Waals surface area contributed by atoms with Crippen molar-refractivity contribution in [2.24, 2.45) is 0 Å². The van der Waals surface area contributed by atoms with Gasteiger partial charge < -0.3 is 5.32 Å². The molecule has 0 unspecified atom stereocenters. The number of hydrogen-bond donors (Lipinski definition) is 2. The average molecular weight is 397 g/mol. The lowest BCUT2D eigenvalue weighted by molar-refractivity contribution is 0.223. The Morgan fingerprint density at radius 1 is 1.32 bits per heavy atom.